The fourth-order valence-electron chi connectivity index (χ4n) is 1.42. The Morgan fingerprint density at radius 3 is 2.43 bits per heavy atom. The molecular formula is C13H16O. The van der Waals surface area contributed by atoms with Crippen LogP contribution in [0.5, 0.6) is 5.75 Å². The van der Waals surface area contributed by atoms with Crippen molar-refractivity contribution in [3.8, 4) is 5.75 Å². The van der Waals surface area contributed by atoms with E-state index in [2.05, 4.69) is 26.0 Å². The standard InChI is InChI=1S/C13H16O/c1-10-3-7-13(8-4-10)14-9-11(2)12-5-6-12/h3-4,7-8H,5-6,9H2,1-2H3. The van der Waals surface area contributed by atoms with Crippen molar-refractivity contribution in [1.29, 1.82) is 0 Å². The molecule has 1 aliphatic rings. The normalized spacial score (nSPS) is 14.0. The molecule has 1 aliphatic carbocycles. The number of hydrogen-bond donors (Lipinski definition) is 0. The van der Waals surface area contributed by atoms with E-state index in [1.54, 1.807) is 5.57 Å². The minimum atomic E-state index is 0.748. The van der Waals surface area contributed by atoms with Gasteiger partial charge in [0.2, 0.25) is 0 Å². The van der Waals surface area contributed by atoms with Crippen LogP contribution in [0.25, 0.3) is 0 Å². The second-order valence-electron chi connectivity index (χ2n) is 3.99. The third kappa shape index (κ3) is 2.38. The molecule has 0 atom stereocenters. The van der Waals surface area contributed by atoms with Gasteiger partial charge in [0, 0.05) is 0 Å². The molecule has 1 heteroatoms. The van der Waals surface area contributed by atoms with Crippen molar-refractivity contribution in [2.24, 2.45) is 0 Å². The molecule has 0 saturated heterocycles. The van der Waals surface area contributed by atoms with E-state index in [0.717, 1.165) is 12.4 Å². The van der Waals surface area contributed by atoms with Gasteiger partial charge in [-0.3, -0.25) is 0 Å². The summed E-state index contributed by atoms with van der Waals surface area (Å²) in [5.41, 5.74) is 4.26. The monoisotopic (exact) mass is 188 g/mol. The molecule has 1 saturated carbocycles. The van der Waals surface area contributed by atoms with Crippen LogP contribution in [0.1, 0.15) is 25.3 Å². The summed E-state index contributed by atoms with van der Waals surface area (Å²) in [7, 11) is 0. The lowest BCUT2D eigenvalue weighted by Gasteiger charge is -2.06. The Morgan fingerprint density at radius 1 is 1.21 bits per heavy atom. The molecule has 0 radical (unpaired) electrons. The molecule has 0 N–H and O–H groups in total. The lowest BCUT2D eigenvalue weighted by Crippen LogP contribution is -1.98. The molecular weight excluding hydrogens is 172 g/mol. The summed E-state index contributed by atoms with van der Waals surface area (Å²) in [6.45, 7) is 5.00. The molecule has 74 valence electrons. The smallest absolute Gasteiger partial charge is 0.119 e. The molecule has 1 aromatic carbocycles. The van der Waals surface area contributed by atoms with Gasteiger partial charge in [-0.15, -0.1) is 0 Å². The van der Waals surface area contributed by atoms with Gasteiger partial charge < -0.3 is 4.74 Å². The lowest BCUT2D eigenvalue weighted by molar-refractivity contribution is 0.351. The molecule has 14 heavy (non-hydrogen) atoms. The van der Waals surface area contributed by atoms with Crippen LogP contribution in [-0.4, -0.2) is 6.61 Å². The zero-order chi connectivity index (χ0) is 9.97. The topological polar surface area (TPSA) is 9.23 Å². The Bertz CT molecular complexity index is 340. The molecule has 0 unspecified atom stereocenters. The molecule has 0 aliphatic heterocycles. The number of allylic oxidation sites excluding steroid dienone is 1. The fourth-order valence-corrected chi connectivity index (χ4v) is 1.42. The Hall–Kier alpha value is -1.24. The van der Waals surface area contributed by atoms with Crippen LogP contribution in [0.4, 0.5) is 0 Å². The van der Waals surface area contributed by atoms with Gasteiger partial charge >= 0.3 is 0 Å². The molecule has 1 aromatic rings. The highest BCUT2D eigenvalue weighted by atomic mass is 16.5. The van der Waals surface area contributed by atoms with Gasteiger partial charge in [-0.25, -0.2) is 0 Å². The number of ether oxygens (including phenoxy) is 1. The summed E-state index contributed by atoms with van der Waals surface area (Å²) < 4.78 is 5.67. The SMILES string of the molecule is CC(COc1ccc(C)cc1)=C1CC1. The van der Waals surface area contributed by atoms with Crippen LogP contribution in [0.3, 0.4) is 0 Å². The van der Waals surface area contributed by atoms with Gasteiger partial charge in [-0.05, 0) is 44.4 Å². The van der Waals surface area contributed by atoms with Crippen LogP contribution < -0.4 is 4.74 Å². The number of rotatable bonds is 3. The number of hydrogen-bond acceptors (Lipinski definition) is 1. The van der Waals surface area contributed by atoms with Crippen molar-refractivity contribution in [3.63, 3.8) is 0 Å². The van der Waals surface area contributed by atoms with E-state index in [9.17, 15) is 0 Å². The second-order valence-corrected chi connectivity index (χ2v) is 3.99. The fraction of sp³-hybridized carbons (Fsp3) is 0.385. The van der Waals surface area contributed by atoms with Crippen molar-refractivity contribution in [3.05, 3.63) is 41.0 Å². The third-order valence-electron chi connectivity index (χ3n) is 2.58. The summed E-state index contributed by atoms with van der Waals surface area (Å²) in [6.07, 6.45) is 2.56. The van der Waals surface area contributed by atoms with Crippen molar-refractivity contribution in [1.82, 2.24) is 0 Å². The van der Waals surface area contributed by atoms with Crippen molar-refractivity contribution in [2.75, 3.05) is 6.61 Å². The Morgan fingerprint density at radius 2 is 1.86 bits per heavy atom. The Kier molecular flexibility index (Phi) is 2.58. The van der Waals surface area contributed by atoms with Gasteiger partial charge in [0.1, 0.15) is 12.4 Å². The molecule has 0 heterocycles. The zero-order valence-electron chi connectivity index (χ0n) is 8.84. The second kappa shape index (κ2) is 3.87. The minimum absolute atomic E-state index is 0.748. The molecule has 2 rings (SSSR count). The first-order valence-electron chi connectivity index (χ1n) is 5.12. The van der Waals surface area contributed by atoms with E-state index >= 15 is 0 Å². The van der Waals surface area contributed by atoms with Crippen LogP contribution in [0.15, 0.2) is 35.4 Å². The maximum absolute atomic E-state index is 5.67. The summed E-state index contributed by atoms with van der Waals surface area (Å²) in [4.78, 5) is 0. The molecule has 1 fully saturated rings. The van der Waals surface area contributed by atoms with Crippen LogP contribution in [0.2, 0.25) is 0 Å². The maximum Gasteiger partial charge on any atom is 0.119 e. The van der Waals surface area contributed by atoms with Crippen molar-refractivity contribution in [2.45, 2.75) is 26.7 Å². The number of aryl methyl sites for hydroxylation is 1. The van der Waals surface area contributed by atoms with Crippen LogP contribution in [0, 0.1) is 6.92 Å². The molecule has 0 amide bonds. The highest BCUT2D eigenvalue weighted by Gasteiger charge is 2.14. The highest BCUT2D eigenvalue weighted by molar-refractivity contribution is 5.28. The molecule has 0 spiro atoms. The first-order chi connectivity index (χ1) is 6.75. The quantitative estimate of drug-likeness (QED) is 0.660. The highest BCUT2D eigenvalue weighted by Crippen LogP contribution is 2.31. The zero-order valence-corrected chi connectivity index (χ0v) is 8.84. The van der Waals surface area contributed by atoms with E-state index < -0.39 is 0 Å². The average molecular weight is 188 g/mol. The van der Waals surface area contributed by atoms with Gasteiger partial charge in [-0.2, -0.15) is 0 Å². The number of benzene rings is 1. The largest absolute Gasteiger partial charge is 0.489 e. The Labute approximate surface area is 85.4 Å². The maximum atomic E-state index is 5.67. The van der Waals surface area contributed by atoms with Gasteiger partial charge in [-0.1, -0.05) is 23.3 Å². The van der Waals surface area contributed by atoms with Crippen molar-refractivity contribution >= 4 is 0 Å². The van der Waals surface area contributed by atoms with E-state index in [1.807, 2.05) is 12.1 Å². The Balaban J connectivity index is 1.92. The third-order valence-corrected chi connectivity index (χ3v) is 2.58. The van der Waals surface area contributed by atoms with E-state index in [1.165, 1.54) is 24.0 Å². The van der Waals surface area contributed by atoms with Gasteiger partial charge in [0.25, 0.3) is 0 Å². The van der Waals surface area contributed by atoms with E-state index in [4.69, 9.17) is 4.74 Å². The lowest BCUT2D eigenvalue weighted by atomic mass is 10.2. The van der Waals surface area contributed by atoms with Gasteiger partial charge in [0.05, 0.1) is 0 Å². The van der Waals surface area contributed by atoms with Crippen molar-refractivity contribution < 1.29 is 4.74 Å². The van der Waals surface area contributed by atoms with Crippen LogP contribution >= 0.6 is 0 Å². The minimum Gasteiger partial charge on any atom is -0.489 e. The predicted octanol–water partition coefficient (Wildman–Crippen LogP) is 3.48. The molecule has 0 aromatic heterocycles. The molecule has 0 bridgehead atoms. The summed E-state index contributed by atoms with van der Waals surface area (Å²) in [6, 6.07) is 8.21. The summed E-state index contributed by atoms with van der Waals surface area (Å²) in [5.74, 6) is 0.969. The average Bonchev–Trinajstić information content (AvgIpc) is 3.00. The summed E-state index contributed by atoms with van der Waals surface area (Å²) in [5, 5.41) is 0. The van der Waals surface area contributed by atoms with E-state index in [0.29, 0.717) is 0 Å². The van der Waals surface area contributed by atoms with Crippen LogP contribution in [-0.2, 0) is 0 Å². The van der Waals surface area contributed by atoms with Gasteiger partial charge in [0.15, 0.2) is 0 Å². The van der Waals surface area contributed by atoms with E-state index in [-0.39, 0.29) is 0 Å². The molecule has 1 nitrogen and oxygen atoms in total. The first-order valence-corrected chi connectivity index (χ1v) is 5.12. The predicted molar refractivity (Wildman–Crippen MR) is 58.6 cm³/mol. The summed E-state index contributed by atoms with van der Waals surface area (Å²) >= 11 is 0. The first kappa shape index (κ1) is 9.32.